The first-order chi connectivity index (χ1) is 9.66. The number of carboxylic acid groups (broad SMARTS) is 1. The van der Waals surface area contributed by atoms with Crippen LogP contribution in [0.25, 0.3) is 0 Å². The number of carbonyl (C=O) groups is 1. The molecule has 0 spiro atoms. The predicted molar refractivity (Wildman–Crippen MR) is 80.7 cm³/mol. The minimum Gasteiger partial charge on any atom is -0.481 e. The highest BCUT2D eigenvalue weighted by Gasteiger charge is 2.03. The number of hydrogen-bond acceptors (Lipinski definition) is 3. The fraction of sp³-hybridized carbons (Fsp3) is 0.938. The van der Waals surface area contributed by atoms with Gasteiger partial charge in [-0.1, -0.05) is 51.4 Å². The molecule has 3 N–H and O–H groups in total. The molecule has 20 heavy (non-hydrogen) atoms. The van der Waals surface area contributed by atoms with Crippen molar-refractivity contribution in [3.05, 3.63) is 0 Å². The van der Waals surface area contributed by atoms with Gasteiger partial charge in [0.25, 0.3) is 0 Å². The highest BCUT2D eigenvalue weighted by molar-refractivity contribution is 5.66. The Morgan fingerprint density at radius 3 is 1.70 bits per heavy atom. The minimum absolute atomic E-state index is 0.170. The first-order valence-electron chi connectivity index (χ1n) is 8.17. The van der Waals surface area contributed by atoms with E-state index in [1.807, 2.05) is 0 Å². The van der Waals surface area contributed by atoms with Crippen LogP contribution in [0, 0.1) is 0 Å². The van der Waals surface area contributed by atoms with E-state index < -0.39 is 5.97 Å². The van der Waals surface area contributed by atoms with E-state index in [1.54, 1.807) is 0 Å². The molecule has 120 valence electrons. The van der Waals surface area contributed by atoms with Crippen molar-refractivity contribution in [3.8, 4) is 0 Å². The average Bonchev–Trinajstić information content (AvgIpc) is 2.41. The van der Waals surface area contributed by atoms with Crippen LogP contribution in [-0.2, 0) is 4.79 Å². The zero-order chi connectivity index (χ0) is 15.1. The Labute approximate surface area is 123 Å². The van der Waals surface area contributed by atoms with Crippen molar-refractivity contribution in [2.24, 2.45) is 0 Å². The topological polar surface area (TPSA) is 77.8 Å². The van der Waals surface area contributed by atoms with E-state index in [1.165, 1.54) is 0 Å². The normalized spacial score (nSPS) is 12.5. The maximum Gasteiger partial charge on any atom is 0.303 e. The minimum atomic E-state index is -0.702. The van der Waals surface area contributed by atoms with Crippen LogP contribution in [0.15, 0.2) is 0 Å². The molecule has 0 aromatic rings. The Balaban J connectivity index is 3.15. The lowest BCUT2D eigenvalue weighted by molar-refractivity contribution is -0.137. The first-order valence-corrected chi connectivity index (χ1v) is 8.17. The summed E-state index contributed by atoms with van der Waals surface area (Å²) in [5.41, 5.74) is 0. The van der Waals surface area contributed by atoms with E-state index >= 15 is 0 Å². The second-order valence-corrected chi connectivity index (χ2v) is 5.63. The molecular formula is C16H32O4. The monoisotopic (exact) mass is 288 g/mol. The van der Waals surface area contributed by atoms with E-state index in [0.29, 0.717) is 0 Å². The van der Waals surface area contributed by atoms with E-state index in [0.717, 1.165) is 77.0 Å². The van der Waals surface area contributed by atoms with Crippen LogP contribution in [0.4, 0.5) is 0 Å². The predicted octanol–water partition coefficient (Wildman–Crippen LogP) is 3.50. The molecule has 0 aromatic carbocycles. The molecule has 1 atom stereocenters. The largest absolute Gasteiger partial charge is 0.481 e. The zero-order valence-electron chi connectivity index (χ0n) is 12.7. The van der Waals surface area contributed by atoms with E-state index in [2.05, 4.69) is 0 Å². The van der Waals surface area contributed by atoms with Gasteiger partial charge in [0, 0.05) is 13.0 Å². The molecule has 0 saturated carbocycles. The van der Waals surface area contributed by atoms with Gasteiger partial charge < -0.3 is 15.3 Å². The number of aliphatic carboxylic acids is 1. The molecule has 4 nitrogen and oxygen atoms in total. The summed E-state index contributed by atoms with van der Waals surface area (Å²) in [6.45, 7) is 0.273. The summed E-state index contributed by atoms with van der Waals surface area (Å²) in [5.74, 6) is -0.702. The molecule has 0 saturated heterocycles. The van der Waals surface area contributed by atoms with Crippen molar-refractivity contribution in [3.63, 3.8) is 0 Å². The van der Waals surface area contributed by atoms with Gasteiger partial charge in [0.05, 0.1) is 6.10 Å². The molecule has 0 rings (SSSR count). The summed E-state index contributed by atoms with van der Waals surface area (Å²) in [5, 5.41) is 26.9. The summed E-state index contributed by atoms with van der Waals surface area (Å²) in [6.07, 6.45) is 12.2. The third-order valence-corrected chi connectivity index (χ3v) is 3.62. The summed E-state index contributed by atoms with van der Waals surface area (Å²) < 4.78 is 0. The van der Waals surface area contributed by atoms with Crippen LogP contribution in [0.1, 0.15) is 83.5 Å². The van der Waals surface area contributed by atoms with Crippen molar-refractivity contribution in [2.75, 3.05) is 6.61 Å². The first kappa shape index (κ1) is 19.4. The van der Waals surface area contributed by atoms with Gasteiger partial charge in [0.15, 0.2) is 0 Å². The Kier molecular flexibility index (Phi) is 14.3. The van der Waals surface area contributed by atoms with E-state index in [9.17, 15) is 9.90 Å². The van der Waals surface area contributed by atoms with Gasteiger partial charge in [-0.3, -0.25) is 4.79 Å². The van der Waals surface area contributed by atoms with Crippen LogP contribution in [-0.4, -0.2) is 34.0 Å². The molecule has 0 radical (unpaired) electrons. The van der Waals surface area contributed by atoms with Crippen LogP contribution in [0.5, 0.6) is 0 Å². The van der Waals surface area contributed by atoms with Gasteiger partial charge >= 0.3 is 5.97 Å². The van der Waals surface area contributed by atoms with Crippen LogP contribution in [0.3, 0.4) is 0 Å². The maximum absolute atomic E-state index is 10.3. The third kappa shape index (κ3) is 15.4. The molecule has 0 aliphatic heterocycles. The Bertz CT molecular complexity index is 219. The smallest absolute Gasteiger partial charge is 0.303 e. The second-order valence-electron chi connectivity index (χ2n) is 5.63. The van der Waals surface area contributed by atoms with Crippen molar-refractivity contribution in [2.45, 2.75) is 89.6 Å². The van der Waals surface area contributed by atoms with Crippen LogP contribution >= 0.6 is 0 Å². The second kappa shape index (κ2) is 14.8. The fourth-order valence-corrected chi connectivity index (χ4v) is 2.35. The van der Waals surface area contributed by atoms with Crippen LogP contribution in [0.2, 0.25) is 0 Å². The lowest BCUT2D eigenvalue weighted by Gasteiger charge is -2.10. The Morgan fingerprint density at radius 1 is 0.750 bits per heavy atom. The van der Waals surface area contributed by atoms with Gasteiger partial charge in [0.1, 0.15) is 0 Å². The molecule has 0 aromatic heterocycles. The number of unbranched alkanes of at least 4 members (excludes halogenated alkanes) is 8. The molecule has 0 aliphatic carbocycles. The SMILES string of the molecule is O=C(O)CCCCCCCC[C@H](O)CCCCCCO. The molecular weight excluding hydrogens is 256 g/mol. The average molecular weight is 288 g/mol. The molecule has 0 bridgehead atoms. The van der Waals surface area contributed by atoms with E-state index in [4.69, 9.17) is 10.2 Å². The van der Waals surface area contributed by atoms with E-state index in [-0.39, 0.29) is 19.1 Å². The lowest BCUT2D eigenvalue weighted by Crippen LogP contribution is -2.06. The van der Waals surface area contributed by atoms with Gasteiger partial charge in [-0.05, 0) is 25.7 Å². The number of rotatable bonds is 15. The summed E-state index contributed by atoms with van der Waals surface area (Å²) in [4.78, 5) is 10.3. The number of aliphatic hydroxyl groups is 2. The molecule has 0 amide bonds. The maximum atomic E-state index is 10.3. The molecule has 0 aliphatic rings. The number of aliphatic hydroxyl groups excluding tert-OH is 2. The summed E-state index contributed by atoms with van der Waals surface area (Å²) >= 11 is 0. The van der Waals surface area contributed by atoms with Gasteiger partial charge in [-0.2, -0.15) is 0 Å². The fourth-order valence-electron chi connectivity index (χ4n) is 2.35. The van der Waals surface area contributed by atoms with Gasteiger partial charge in [-0.15, -0.1) is 0 Å². The Morgan fingerprint density at radius 2 is 1.20 bits per heavy atom. The van der Waals surface area contributed by atoms with Crippen molar-refractivity contribution in [1.82, 2.24) is 0 Å². The standard InChI is InChI=1S/C16H32O4/c17-14-10-6-5-8-12-15(18)11-7-3-1-2-4-9-13-16(19)20/h15,17-18H,1-14H2,(H,19,20)/t15-/m0/s1. The third-order valence-electron chi connectivity index (χ3n) is 3.62. The van der Waals surface area contributed by atoms with Crippen molar-refractivity contribution in [1.29, 1.82) is 0 Å². The molecule has 4 heteroatoms. The van der Waals surface area contributed by atoms with Crippen molar-refractivity contribution < 1.29 is 20.1 Å². The zero-order valence-corrected chi connectivity index (χ0v) is 12.7. The molecule has 0 fully saturated rings. The van der Waals surface area contributed by atoms with Crippen molar-refractivity contribution >= 4 is 5.97 Å². The number of hydrogen-bond donors (Lipinski definition) is 3. The van der Waals surface area contributed by atoms with Crippen LogP contribution < -0.4 is 0 Å². The highest BCUT2D eigenvalue weighted by atomic mass is 16.4. The van der Waals surface area contributed by atoms with Gasteiger partial charge in [-0.25, -0.2) is 0 Å². The summed E-state index contributed by atoms with van der Waals surface area (Å²) in [7, 11) is 0. The summed E-state index contributed by atoms with van der Waals surface area (Å²) in [6, 6.07) is 0. The quantitative estimate of drug-likeness (QED) is 0.403. The number of carboxylic acids is 1. The Hall–Kier alpha value is -0.610. The lowest BCUT2D eigenvalue weighted by atomic mass is 10.0. The van der Waals surface area contributed by atoms with Gasteiger partial charge in [0.2, 0.25) is 0 Å². The molecule has 0 unspecified atom stereocenters. The molecule has 0 heterocycles. The highest BCUT2D eigenvalue weighted by Crippen LogP contribution is 2.13.